The van der Waals surface area contributed by atoms with Crippen molar-refractivity contribution in [3.05, 3.63) is 89.2 Å². The number of carbonyl (C=O) groups is 3. The van der Waals surface area contributed by atoms with Crippen molar-refractivity contribution >= 4 is 40.4 Å². The topological polar surface area (TPSA) is 162 Å². The van der Waals surface area contributed by atoms with Gasteiger partial charge in [-0.15, -0.1) is 0 Å². The standard InChI is InChI=1S/C29H29N5O5/c1-18-27(24(35)14-9-19-7-10-20(11-8-19)28(30)31)22-17-21(12-13-23(22)33-18)39-29(38)34(16-4-6-26(36)37)25-5-2-3-15-32-25/h2-3,5,7-8,10-13,15,17,33H,4,6,9,14,16H2,1H3,(H3,30,31)(H,36,37). The van der Waals surface area contributed by atoms with Crippen LogP contribution in [0.4, 0.5) is 10.6 Å². The number of ketones is 1. The molecule has 4 aromatic rings. The minimum Gasteiger partial charge on any atom is -0.481 e. The molecule has 4 rings (SSSR count). The fourth-order valence-corrected chi connectivity index (χ4v) is 4.32. The minimum atomic E-state index is -0.956. The van der Waals surface area contributed by atoms with Crippen molar-refractivity contribution in [2.75, 3.05) is 11.4 Å². The smallest absolute Gasteiger partial charge is 0.420 e. The van der Waals surface area contributed by atoms with Gasteiger partial charge in [-0.2, -0.15) is 0 Å². The summed E-state index contributed by atoms with van der Waals surface area (Å²) >= 11 is 0. The van der Waals surface area contributed by atoms with E-state index in [9.17, 15) is 14.4 Å². The van der Waals surface area contributed by atoms with Crippen LogP contribution in [0.2, 0.25) is 0 Å². The molecule has 0 spiro atoms. The Balaban J connectivity index is 1.51. The first kappa shape index (κ1) is 27.1. The molecule has 10 heteroatoms. The lowest BCUT2D eigenvalue weighted by Gasteiger charge is -2.20. The molecule has 0 aliphatic carbocycles. The minimum absolute atomic E-state index is 0.00744. The number of fused-ring (bicyclic) bond motifs is 1. The number of hydrogen-bond acceptors (Lipinski definition) is 6. The zero-order valence-electron chi connectivity index (χ0n) is 21.4. The van der Waals surface area contributed by atoms with E-state index in [0.717, 1.165) is 11.1 Å². The average Bonchev–Trinajstić information content (AvgIpc) is 3.25. The molecule has 200 valence electrons. The molecule has 0 aliphatic rings. The molecule has 0 saturated heterocycles. The van der Waals surface area contributed by atoms with Gasteiger partial charge in [-0.25, -0.2) is 9.78 Å². The van der Waals surface area contributed by atoms with Gasteiger partial charge < -0.3 is 20.6 Å². The van der Waals surface area contributed by atoms with Crippen LogP contribution in [0.1, 0.15) is 46.4 Å². The number of nitrogens with two attached hydrogens (primary N) is 1. The molecule has 0 aliphatic heterocycles. The molecule has 1 amide bonds. The van der Waals surface area contributed by atoms with E-state index in [2.05, 4.69) is 9.97 Å². The van der Waals surface area contributed by atoms with E-state index in [1.807, 2.05) is 19.1 Å². The molecule has 5 N–H and O–H groups in total. The van der Waals surface area contributed by atoms with Gasteiger partial charge in [0, 0.05) is 53.3 Å². The summed E-state index contributed by atoms with van der Waals surface area (Å²) in [5, 5.41) is 17.1. The second-order valence-corrected chi connectivity index (χ2v) is 9.07. The zero-order valence-corrected chi connectivity index (χ0v) is 21.4. The maximum atomic E-state index is 13.2. The van der Waals surface area contributed by atoms with Crippen LogP contribution in [0.25, 0.3) is 10.9 Å². The lowest BCUT2D eigenvalue weighted by atomic mass is 9.99. The van der Waals surface area contributed by atoms with Crippen molar-refractivity contribution in [2.45, 2.75) is 32.6 Å². The predicted octanol–water partition coefficient (Wildman–Crippen LogP) is 4.84. The number of nitrogens with one attached hydrogen (secondary N) is 2. The van der Waals surface area contributed by atoms with Crippen molar-refractivity contribution in [2.24, 2.45) is 5.73 Å². The number of aromatic amines is 1. The number of rotatable bonds is 11. The third kappa shape index (κ3) is 6.67. The van der Waals surface area contributed by atoms with E-state index in [4.69, 9.17) is 21.0 Å². The Morgan fingerprint density at radius 2 is 1.85 bits per heavy atom. The Bertz CT molecular complexity index is 1510. The van der Waals surface area contributed by atoms with Gasteiger partial charge in [-0.3, -0.25) is 19.9 Å². The second-order valence-electron chi connectivity index (χ2n) is 9.07. The number of amidine groups is 1. The maximum Gasteiger partial charge on any atom is 0.420 e. The van der Waals surface area contributed by atoms with Crippen molar-refractivity contribution in [3.8, 4) is 5.75 Å². The fourth-order valence-electron chi connectivity index (χ4n) is 4.32. The van der Waals surface area contributed by atoms with Crippen molar-refractivity contribution in [3.63, 3.8) is 0 Å². The lowest BCUT2D eigenvalue weighted by Crippen LogP contribution is -2.35. The first-order valence-electron chi connectivity index (χ1n) is 12.4. The van der Waals surface area contributed by atoms with Crippen LogP contribution in [0, 0.1) is 12.3 Å². The van der Waals surface area contributed by atoms with Gasteiger partial charge in [0.15, 0.2) is 5.78 Å². The average molecular weight is 528 g/mol. The lowest BCUT2D eigenvalue weighted by molar-refractivity contribution is -0.137. The molecule has 10 nitrogen and oxygen atoms in total. The summed E-state index contributed by atoms with van der Waals surface area (Å²) in [6, 6.07) is 17.3. The number of H-pyrrole nitrogens is 1. The highest BCUT2D eigenvalue weighted by molar-refractivity contribution is 6.09. The Hall–Kier alpha value is -4.99. The van der Waals surface area contributed by atoms with E-state index in [0.29, 0.717) is 34.4 Å². The number of aryl methyl sites for hydroxylation is 2. The van der Waals surface area contributed by atoms with E-state index in [1.54, 1.807) is 48.5 Å². The summed E-state index contributed by atoms with van der Waals surface area (Å²) in [4.78, 5) is 46.0. The normalized spacial score (nSPS) is 10.8. The van der Waals surface area contributed by atoms with E-state index < -0.39 is 12.1 Å². The third-order valence-corrected chi connectivity index (χ3v) is 6.27. The molecular weight excluding hydrogens is 498 g/mol. The summed E-state index contributed by atoms with van der Waals surface area (Å²) in [6.07, 6.45) is 1.76. The summed E-state index contributed by atoms with van der Waals surface area (Å²) < 4.78 is 5.65. The molecular formula is C29H29N5O5. The van der Waals surface area contributed by atoms with Crippen LogP contribution >= 0.6 is 0 Å². The number of pyridine rings is 1. The molecule has 0 saturated carbocycles. The summed E-state index contributed by atoms with van der Waals surface area (Å²) in [5.41, 5.74) is 9.08. The van der Waals surface area contributed by atoms with Crippen LogP contribution in [0.3, 0.4) is 0 Å². The van der Waals surface area contributed by atoms with Crippen molar-refractivity contribution < 1.29 is 24.2 Å². The number of hydrogen-bond donors (Lipinski definition) is 4. The van der Waals surface area contributed by atoms with E-state index in [-0.39, 0.29) is 43.2 Å². The van der Waals surface area contributed by atoms with E-state index >= 15 is 0 Å². The number of carboxylic acid groups (broad SMARTS) is 1. The second kappa shape index (κ2) is 12.0. The number of carboxylic acids is 1. The SMILES string of the molecule is Cc1[nH]c2ccc(OC(=O)N(CCCC(=O)O)c3ccccn3)cc2c1C(=O)CCc1ccc(C(=N)N)cc1. The first-order valence-corrected chi connectivity index (χ1v) is 12.4. The molecule has 0 bridgehead atoms. The summed E-state index contributed by atoms with van der Waals surface area (Å²) in [6.45, 7) is 1.94. The Morgan fingerprint density at radius 3 is 2.51 bits per heavy atom. The summed E-state index contributed by atoms with van der Waals surface area (Å²) in [7, 11) is 0. The largest absolute Gasteiger partial charge is 0.481 e. The quantitative estimate of drug-likeness (QED) is 0.123. The first-order chi connectivity index (χ1) is 18.7. The van der Waals surface area contributed by atoms with Gasteiger partial charge in [0.1, 0.15) is 17.4 Å². The molecule has 0 atom stereocenters. The molecule has 39 heavy (non-hydrogen) atoms. The number of Topliss-reactive ketones (excluding diaryl/α,β-unsaturated/α-hetero) is 1. The monoisotopic (exact) mass is 527 g/mol. The number of nitrogen functional groups attached to an aromatic ring is 1. The van der Waals surface area contributed by atoms with Gasteiger partial charge in [0.2, 0.25) is 0 Å². The fraction of sp³-hybridized carbons (Fsp3) is 0.207. The van der Waals surface area contributed by atoms with Crippen molar-refractivity contribution in [1.29, 1.82) is 5.41 Å². The number of aliphatic carboxylic acids is 1. The Morgan fingerprint density at radius 1 is 1.08 bits per heavy atom. The molecule has 0 fully saturated rings. The number of nitrogens with zero attached hydrogens (tertiary/aromatic N) is 2. The van der Waals surface area contributed by atoms with Gasteiger partial charge in [0.05, 0.1) is 0 Å². The van der Waals surface area contributed by atoms with Gasteiger partial charge in [-0.05, 0) is 55.7 Å². The highest BCUT2D eigenvalue weighted by Gasteiger charge is 2.21. The van der Waals surface area contributed by atoms with Gasteiger partial charge >= 0.3 is 12.1 Å². The highest BCUT2D eigenvalue weighted by atomic mass is 16.6. The molecule has 0 radical (unpaired) electrons. The number of anilines is 1. The van der Waals surface area contributed by atoms with Gasteiger partial charge in [-0.1, -0.05) is 30.3 Å². The van der Waals surface area contributed by atoms with Crippen molar-refractivity contribution in [1.82, 2.24) is 9.97 Å². The Kier molecular flexibility index (Phi) is 8.35. The molecule has 0 unspecified atom stereocenters. The number of amides is 1. The van der Waals surface area contributed by atoms with Crippen LogP contribution in [0.5, 0.6) is 5.75 Å². The van der Waals surface area contributed by atoms with Crippen LogP contribution in [-0.4, -0.2) is 45.3 Å². The predicted molar refractivity (Wildman–Crippen MR) is 148 cm³/mol. The number of carbonyl (C=O) groups excluding carboxylic acids is 2. The molecule has 2 aromatic heterocycles. The number of ether oxygens (including phenoxy) is 1. The van der Waals surface area contributed by atoms with Crippen LogP contribution in [0.15, 0.2) is 66.9 Å². The van der Waals surface area contributed by atoms with Crippen LogP contribution < -0.4 is 15.4 Å². The zero-order chi connectivity index (χ0) is 27.9. The molecule has 2 aromatic carbocycles. The third-order valence-electron chi connectivity index (χ3n) is 6.27. The Labute approximate surface area is 224 Å². The number of aromatic nitrogens is 2. The maximum absolute atomic E-state index is 13.2. The van der Waals surface area contributed by atoms with Crippen LogP contribution in [-0.2, 0) is 11.2 Å². The number of benzene rings is 2. The summed E-state index contributed by atoms with van der Waals surface area (Å²) in [5.74, 6) is -0.422. The molecule has 2 heterocycles. The highest BCUT2D eigenvalue weighted by Crippen LogP contribution is 2.28. The van der Waals surface area contributed by atoms with Gasteiger partial charge in [0.25, 0.3) is 0 Å². The van der Waals surface area contributed by atoms with E-state index in [1.165, 1.54) is 11.1 Å².